The van der Waals surface area contributed by atoms with Crippen molar-refractivity contribution in [2.24, 2.45) is 0 Å². The van der Waals surface area contributed by atoms with E-state index in [9.17, 15) is 18.0 Å². The largest absolute Gasteiger partial charge is 0.450 e. The molecule has 172 valence electrons. The van der Waals surface area contributed by atoms with Crippen LogP contribution in [-0.2, 0) is 19.6 Å². The van der Waals surface area contributed by atoms with Crippen molar-refractivity contribution in [1.29, 1.82) is 0 Å². The lowest BCUT2D eigenvalue weighted by Crippen LogP contribution is -2.53. The number of ether oxygens (including phenoxy) is 1. The van der Waals surface area contributed by atoms with Crippen molar-refractivity contribution in [3.63, 3.8) is 0 Å². The number of anilines is 1. The zero-order valence-electron chi connectivity index (χ0n) is 18.0. The number of hydrogen-bond donors (Lipinski definition) is 0. The number of carbonyl (C=O) groups excluding carboxylic acids is 2. The predicted molar refractivity (Wildman–Crippen MR) is 122 cm³/mol. The quantitative estimate of drug-likeness (QED) is 0.635. The second-order valence-corrected chi connectivity index (χ2v) is 9.62. The van der Waals surface area contributed by atoms with Crippen molar-refractivity contribution in [3.05, 3.63) is 59.1 Å². The van der Waals surface area contributed by atoms with Crippen molar-refractivity contribution in [2.75, 3.05) is 43.6 Å². The summed E-state index contributed by atoms with van der Waals surface area (Å²) in [5.41, 5.74) is 1.02. The summed E-state index contributed by atoms with van der Waals surface area (Å²) in [4.78, 5) is 28.2. The Morgan fingerprint density at radius 2 is 1.66 bits per heavy atom. The number of amides is 2. The van der Waals surface area contributed by atoms with Crippen LogP contribution in [0.25, 0.3) is 0 Å². The highest BCUT2D eigenvalue weighted by Crippen LogP contribution is 2.29. The molecule has 8 nitrogen and oxygen atoms in total. The average Bonchev–Trinajstić information content (AvgIpc) is 2.78. The highest BCUT2D eigenvalue weighted by atomic mass is 35.5. The summed E-state index contributed by atoms with van der Waals surface area (Å²) in [6.07, 6.45) is -0.412. The summed E-state index contributed by atoms with van der Waals surface area (Å²) < 4.78 is 33.0. The molecular formula is C22H26ClN3O5S. The minimum atomic E-state index is -4.00. The van der Waals surface area contributed by atoms with E-state index in [1.165, 1.54) is 17.0 Å². The number of aryl methyl sites for hydroxylation is 1. The van der Waals surface area contributed by atoms with Gasteiger partial charge in [0.25, 0.3) is 10.0 Å². The first-order valence-electron chi connectivity index (χ1n) is 10.3. The summed E-state index contributed by atoms with van der Waals surface area (Å²) in [5.74, 6) is -0.345. The molecule has 1 aliphatic rings. The van der Waals surface area contributed by atoms with Gasteiger partial charge in [-0.2, -0.15) is 0 Å². The van der Waals surface area contributed by atoms with Gasteiger partial charge in [0.2, 0.25) is 5.91 Å². The maximum absolute atomic E-state index is 13.5. The van der Waals surface area contributed by atoms with Gasteiger partial charge in [-0.05, 0) is 49.7 Å². The lowest BCUT2D eigenvalue weighted by Gasteiger charge is -2.35. The normalized spacial score (nSPS) is 14.2. The summed E-state index contributed by atoms with van der Waals surface area (Å²) in [6, 6.07) is 12.8. The van der Waals surface area contributed by atoms with Crippen LogP contribution in [0.5, 0.6) is 0 Å². The molecule has 1 heterocycles. The van der Waals surface area contributed by atoms with E-state index in [1.807, 2.05) is 0 Å². The topological polar surface area (TPSA) is 87.2 Å². The van der Waals surface area contributed by atoms with Crippen LogP contribution in [0.2, 0.25) is 5.02 Å². The van der Waals surface area contributed by atoms with Gasteiger partial charge in [-0.25, -0.2) is 13.2 Å². The summed E-state index contributed by atoms with van der Waals surface area (Å²) in [7, 11) is -4.00. The number of hydrogen-bond acceptors (Lipinski definition) is 5. The highest BCUT2D eigenvalue weighted by Gasteiger charge is 2.31. The molecule has 0 saturated carbocycles. The number of sulfonamides is 1. The molecule has 32 heavy (non-hydrogen) atoms. The van der Waals surface area contributed by atoms with E-state index in [1.54, 1.807) is 55.1 Å². The lowest BCUT2D eigenvalue weighted by molar-refractivity contribution is -0.131. The van der Waals surface area contributed by atoms with E-state index >= 15 is 0 Å². The summed E-state index contributed by atoms with van der Waals surface area (Å²) in [5, 5.41) is 0.477. The standard InChI is InChI=1S/C22H26ClN3O5S/c1-3-31-22(28)25-13-11-24(12-14-25)21(27)16-26(20-10-9-18(23)15-17(20)2)32(29,30)19-7-5-4-6-8-19/h4-10,15H,3,11-14,16H2,1-2H3. The Morgan fingerprint density at radius 1 is 1.03 bits per heavy atom. The van der Waals surface area contributed by atoms with E-state index < -0.39 is 16.1 Å². The van der Waals surface area contributed by atoms with Crippen molar-refractivity contribution in [2.45, 2.75) is 18.7 Å². The van der Waals surface area contributed by atoms with Crippen molar-refractivity contribution < 1.29 is 22.7 Å². The Morgan fingerprint density at radius 3 is 2.25 bits per heavy atom. The molecule has 0 spiro atoms. The Kier molecular flexibility index (Phi) is 7.63. The van der Waals surface area contributed by atoms with Crippen LogP contribution < -0.4 is 4.31 Å². The van der Waals surface area contributed by atoms with E-state index in [-0.39, 0.29) is 24.0 Å². The third-order valence-electron chi connectivity index (χ3n) is 5.20. The van der Waals surface area contributed by atoms with Crippen molar-refractivity contribution in [1.82, 2.24) is 9.80 Å². The number of rotatable bonds is 6. The number of carbonyl (C=O) groups is 2. The van der Waals surface area contributed by atoms with Gasteiger partial charge in [-0.15, -0.1) is 0 Å². The zero-order chi connectivity index (χ0) is 23.3. The van der Waals surface area contributed by atoms with Gasteiger partial charge in [0.1, 0.15) is 6.54 Å². The molecule has 2 amide bonds. The molecule has 2 aromatic carbocycles. The predicted octanol–water partition coefficient (Wildman–Crippen LogP) is 3.14. The highest BCUT2D eigenvalue weighted by molar-refractivity contribution is 7.92. The smallest absolute Gasteiger partial charge is 0.409 e. The maximum Gasteiger partial charge on any atom is 0.409 e. The Labute approximate surface area is 193 Å². The van der Waals surface area contributed by atoms with E-state index in [0.29, 0.717) is 42.5 Å². The zero-order valence-corrected chi connectivity index (χ0v) is 19.6. The first-order valence-corrected chi connectivity index (χ1v) is 12.1. The number of benzene rings is 2. The molecule has 0 aromatic heterocycles. The lowest BCUT2D eigenvalue weighted by atomic mass is 10.2. The molecule has 0 bridgehead atoms. The minimum absolute atomic E-state index is 0.0919. The fourth-order valence-corrected chi connectivity index (χ4v) is 5.22. The first kappa shape index (κ1) is 23.9. The van der Waals surface area contributed by atoms with Crippen LogP contribution in [-0.4, -0.2) is 69.5 Å². The fourth-order valence-electron chi connectivity index (χ4n) is 3.49. The Bertz CT molecular complexity index is 1070. The molecule has 3 rings (SSSR count). The van der Waals surface area contributed by atoms with Gasteiger partial charge in [-0.1, -0.05) is 29.8 Å². The van der Waals surface area contributed by atoms with Crippen LogP contribution >= 0.6 is 11.6 Å². The second-order valence-electron chi connectivity index (χ2n) is 7.32. The molecule has 1 saturated heterocycles. The van der Waals surface area contributed by atoms with E-state index in [2.05, 4.69) is 0 Å². The molecule has 10 heteroatoms. The number of halogens is 1. The van der Waals surface area contributed by atoms with Gasteiger partial charge in [0, 0.05) is 31.2 Å². The summed E-state index contributed by atoms with van der Waals surface area (Å²) >= 11 is 6.06. The molecule has 0 aliphatic carbocycles. The third kappa shape index (κ3) is 5.34. The van der Waals surface area contributed by atoms with Crippen molar-refractivity contribution in [3.8, 4) is 0 Å². The third-order valence-corrected chi connectivity index (χ3v) is 7.21. The molecule has 2 aromatic rings. The van der Waals surface area contributed by atoms with E-state index in [4.69, 9.17) is 16.3 Å². The number of nitrogens with zero attached hydrogens (tertiary/aromatic N) is 3. The second kappa shape index (κ2) is 10.2. The molecule has 0 unspecified atom stereocenters. The Hall–Kier alpha value is -2.78. The van der Waals surface area contributed by atoms with E-state index in [0.717, 1.165) is 4.31 Å². The van der Waals surface area contributed by atoms with Gasteiger partial charge >= 0.3 is 6.09 Å². The van der Waals surface area contributed by atoms with Gasteiger partial charge in [0.15, 0.2) is 0 Å². The van der Waals surface area contributed by atoms with Crippen molar-refractivity contribution >= 4 is 39.3 Å². The van der Waals surface area contributed by atoms with Gasteiger partial charge in [0.05, 0.1) is 17.2 Å². The first-order chi connectivity index (χ1) is 15.2. The van der Waals surface area contributed by atoms with Crippen LogP contribution in [0.4, 0.5) is 10.5 Å². The molecular weight excluding hydrogens is 454 g/mol. The van der Waals surface area contributed by atoms with Gasteiger partial charge < -0.3 is 14.5 Å². The molecule has 0 N–H and O–H groups in total. The summed E-state index contributed by atoms with van der Waals surface area (Å²) in [6.45, 7) is 4.66. The van der Waals surface area contributed by atoms with Crippen LogP contribution in [0.3, 0.4) is 0 Å². The molecule has 0 radical (unpaired) electrons. The number of piperazine rings is 1. The Balaban J connectivity index is 1.84. The van der Waals surface area contributed by atoms with Crippen LogP contribution in [0.15, 0.2) is 53.4 Å². The molecule has 1 aliphatic heterocycles. The van der Waals surface area contributed by atoms with Crippen LogP contribution in [0.1, 0.15) is 12.5 Å². The monoisotopic (exact) mass is 479 g/mol. The van der Waals surface area contributed by atoms with Crippen LogP contribution in [0, 0.1) is 6.92 Å². The SMILES string of the molecule is CCOC(=O)N1CCN(C(=O)CN(c2ccc(Cl)cc2C)S(=O)(=O)c2ccccc2)CC1. The van der Waals surface area contributed by atoms with Gasteiger partial charge in [-0.3, -0.25) is 9.10 Å². The molecule has 1 fully saturated rings. The minimum Gasteiger partial charge on any atom is -0.450 e. The molecule has 0 atom stereocenters. The maximum atomic E-state index is 13.5. The fraction of sp³-hybridized carbons (Fsp3) is 0.364. The average molecular weight is 480 g/mol.